The third-order valence-corrected chi connectivity index (χ3v) is 2.47. The van der Waals surface area contributed by atoms with Gasteiger partial charge in [0.05, 0.1) is 31.6 Å². The Morgan fingerprint density at radius 1 is 1.58 bits per heavy atom. The summed E-state index contributed by atoms with van der Waals surface area (Å²) in [6.07, 6.45) is -1.18. The molecule has 0 radical (unpaired) electrons. The van der Waals surface area contributed by atoms with Crippen LogP contribution in [0.4, 0.5) is 14.5 Å². The van der Waals surface area contributed by atoms with Crippen LogP contribution >= 0.6 is 11.6 Å². The topological polar surface area (TPSA) is 76.4 Å². The van der Waals surface area contributed by atoms with Crippen LogP contribution in [0.15, 0.2) is 11.0 Å². The zero-order chi connectivity index (χ0) is 14.3. The van der Waals surface area contributed by atoms with Gasteiger partial charge in [-0.1, -0.05) is 11.6 Å². The van der Waals surface area contributed by atoms with Gasteiger partial charge >= 0.3 is 0 Å². The molecule has 0 atom stereocenters. The van der Waals surface area contributed by atoms with Crippen LogP contribution in [0.2, 0.25) is 5.02 Å². The minimum Gasteiger partial charge on any atom is -0.394 e. The maximum atomic E-state index is 11.8. The van der Waals surface area contributed by atoms with Crippen LogP contribution in [-0.4, -0.2) is 47.7 Å². The normalized spacial score (nSPS) is 11.0. The van der Waals surface area contributed by atoms with E-state index < -0.39 is 18.6 Å². The van der Waals surface area contributed by atoms with Crippen molar-refractivity contribution in [3.63, 3.8) is 0 Å². The number of aliphatic hydroxyl groups is 1. The van der Waals surface area contributed by atoms with Gasteiger partial charge in [0.15, 0.2) is 0 Å². The van der Waals surface area contributed by atoms with Crippen LogP contribution in [0.3, 0.4) is 0 Å². The standard InChI is InChI=1S/C10H14ClF2N3O3/c11-9-7(14-1-4-19-6-8(12)13)5-15-16(2-3-17)10(9)18/h5,8,14,17H,1-4,6H2. The number of alkyl halides is 2. The summed E-state index contributed by atoms with van der Waals surface area (Å²) in [4.78, 5) is 11.6. The minimum atomic E-state index is -2.51. The summed E-state index contributed by atoms with van der Waals surface area (Å²) in [5, 5.41) is 15.2. The summed E-state index contributed by atoms with van der Waals surface area (Å²) < 4.78 is 29.2. The molecule has 6 nitrogen and oxygen atoms in total. The van der Waals surface area contributed by atoms with Crippen molar-refractivity contribution in [3.8, 4) is 0 Å². The fourth-order valence-corrected chi connectivity index (χ4v) is 1.49. The van der Waals surface area contributed by atoms with Gasteiger partial charge in [-0.3, -0.25) is 4.79 Å². The minimum absolute atomic E-state index is 0.0519. The summed E-state index contributed by atoms with van der Waals surface area (Å²) in [6.45, 7) is -0.530. The van der Waals surface area contributed by atoms with Crippen molar-refractivity contribution in [2.24, 2.45) is 0 Å². The van der Waals surface area contributed by atoms with Crippen LogP contribution in [0.1, 0.15) is 0 Å². The van der Waals surface area contributed by atoms with E-state index in [1.807, 2.05) is 0 Å². The van der Waals surface area contributed by atoms with E-state index in [1.165, 1.54) is 6.20 Å². The predicted octanol–water partition coefficient (Wildman–Crippen LogP) is 0.583. The van der Waals surface area contributed by atoms with Crippen molar-refractivity contribution in [3.05, 3.63) is 21.6 Å². The number of hydrogen-bond acceptors (Lipinski definition) is 5. The summed E-state index contributed by atoms with van der Waals surface area (Å²) in [5.74, 6) is 0. The maximum Gasteiger partial charge on any atom is 0.287 e. The molecule has 0 unspecified atom stereocenters. The number of hydrogen-bond donors (Lipinski definition) is 2. The lowest BCUT2D eigenvalue weighted by Gasteiger charge is -2.09. The first-order valence-electron chi connectivity index (χ1n) is 5.52. The molecule has 0 spiro atoms. The summed E-state index contributed by atoms with van der Waals surface area (Å²) in [6, 6.07) is 0. The quantitative estimate of drug-likeness (QED) is 0.687. The Labute approximate surface area is 112 Å². The molecule has 0 saturated heterocycles. The molecule has 9 heteroatoms. The number of rotatable bonds is 8. The van der Waals surface area contributed by atoms with Crippen LogP contribution in [0.25, 0.3) is 0 Å². The molecule has 0 aliphatic heterocycles. The van der Waals surface area contributed by atoms with E-state index in [9.17, 15) is 13.6 Å². The number of nitrogens with zero attached hydrogens (tertiary/aromatic N) is 2. The van der Waals surface area contributed by atoms with Crippen LogP contribution in [0.5, 0.6) is 0 Å². The molecule has 0 aliphatic carbocycles. The first kappa shape index (κ1) is 15.8. The molecule has 0 fully saturated rings. The van der Waals surface area contributed by atoms with E-state index >= 15 is 0 Å². The zero-order valence-electron chi connectivity index (χ0n) is 9.98. The second-order valence-electron chi connectivity index (χ2n) is 3.52. The summed E-state index contributed by atoms with van der Waals surface area (Å²) in [7, 11) is 0. The predicted molar refractivity (Wildman–Crippen MR) is 65.9 cm³/mol. The van der Waals surface area contributed by atoms with E-state index in [-0.39, 0.29) is 31.3 Å². The third kappa shape index (κ3) is 5.09. The summed E-state index contributed by atoms with van der Waals surface area (Å²) >= 11 is 5.82. The number of nitrogens with one attached hydrogen (secondary N) is 1. The van der Waals surface area contributed by atoms with Gasteiger partial charge in [-0.05, 0) is 0 Å². The van der Waals surface area contributed by atoms with Gasteiger partial charge in [0.25, 0.3) is 12.0 Å². The average molecular weight is 298 g/mol. The van der Waals surface area contributed by atoms with Crippen LogP contribution in [0, 0.1) is 0 Å². The Balaban J connectivity index is 2.51. The summed E-state index contributed by atoms with van der Waals surface area (Å²) in [5.41, 5.74) is -0.240. The molecule has 2 N–H and O–H groups in total. The van der Waals surface area contributed by atoms with Crippen LogP contribution < -0.4 is 10.9 Å². The van der Waals surface area contributed by atoms with E-state index in [1.54, 1.807) is 0 Å². The Bertz CT molecular complexity index is 456. The SMILES string of the molecule is O=c1c(Cl)c(NCCOCC(F)F)cnn1CCO. The maximum absolute atomic E-state index is 11.8. The Hall–Kier alpha value is -1.25. The zero-order valence-corrected chi connectivity index (χ0v) is 10.7. The van der Waals surface area contributed by atoms with Gasteiger partial charge in [0.1, 0.15) is 11.6 Å². The molecule has 0 aromatic carbocycles. The van der Waals surface area contributed by atoms with Crippen molar-refractivity contribution >= 4 is 17.3 Å². The second kappa shape index (κ2) is 8.03. The smallest absolute Gasteiger partial charge is 0.287 e. The largest absolute Gasteiger partial charge is 0.394 e. The molecule has 1 heterocycles. The molecule has 0 amide bonds. The third-order valence-electron chi connectivity index (χ3n) is 2.10. The van der Waals surface area contributed by atoms with E-state index in [4.69, 9.17) is 16.7 Å². The number of aromatic nitrogens is 2. The molecular formula is C10H14ClF2N3O3. The molecule has 1 aromatic heterocycles. The highest BCUT2D eigenvalue weighted by Gasteiger charge is 2.08. The molecule has 0 saturated carbocycles. The Kier molecular flexibility index (Phi) is 6.68. The first-order valence-corrected chi connectivity index (χ1v) is 5.90. The van der Waals surface area contributed by atoms with E-state index in [0.29, 0.717) is 5.69 Å². The fraction of sp³-hybridized carbons (Fsp3) is 0.600. The van der Waals surface area contributed by atoms with Gasteiger partial charge in [0.2, 0.25) is 0 Å². The van der Waals surface area contributed by atoms with Crippen molar-refractivity contribution in [2.75, 3.05) is 31.7 Å². The average Bonchev–Trinajstić information content (AvgIpc) is 2.37. The van der Waals surface area contributed by atoms with Gasteiger partial charge in [0, 0.05) is 6.54 Å². The molecule has 108 valence electrons. The van der Waals surface area contributed by atoms with Gasteiger partial charge < -0.3 is 15.2 Å². The van der Waals surface area contributed by atoms with Crippen LogP contribution in [-0.2, 0) is 11.3 Å². The van der Waals surface area contributed by atoms with Gasteiger partial charge in [-0.15, -0.1) is 0 Å². The van der Waals surface area contributed by atoms with Crippen molar-refractivity contribution in [2.45, 2.75) is 13.0 Å². The first-order chi connectivity index (χ1) is 9.06. The molecule has 0 bridgehead atoms. The van der Waals surface area contributed by atoms with Crippen molar-refractivity contribution in [1.82, 2.24) is 9.78 Å². The molecule has 0 aliphatic rings. The number of ether oxygens (including phenoxy) is 1. The second-order valence-corrected chi connectivity index (χ2v) is 3.89. The number of anilines is 1. The fourth-order valence-electron chi connectivity index (χ4n) is 1.27. The molecule has 19 heavy (non-hydrogen) atoms. The van der Waals surface area contributed by atoms with E-state index in [2.05, 4.69) is 15.2 Å². The molecular weight excluding hydrogens is 284 g/mol. The highest BCUT2D eigenvalue weighted by molar-refractivity contribution is 6.32. The number of aliphatic hydroxyl groups excluding tert-OH is 1. The lowest BCUT2D eigenvalue weighted by Crippen LogP contribution is -2.26. The molecule has 1 aromatic rings. The monoisotopic (exact) mass is 297 g/mol. The highest BCUT2D eigenvalue weighted by atomic mass is 35.5. The van der Waals surface area contributed by atoms with Crippen molar-refractivity contribution in [1.29, 1.82) is 0 Å². The van der Waals surface area contributed by atoms with E-state index in [0.717, 1.165) is 4.68 Å². The Morgan fingerprint density at radius 3 is 2.95 bits per heavy atom. The lowest BCUT2D eigenvalue weighted by molar-refractivity contribution is 0.0215. The van der Waals surface area contributed by atoms with Gasteiger partial charge in [-0.2, -0.15) is 5.10 Å². The molecule has 1 rings (SSSR count). The van der Waals surface area contributed by atoms with Gasteiger partial charge in [-0.25, -0.2) is 13.5 Å². The number of halogens is 3. The van der Waals surface area contributed by atoms with Crippen molar-refractivity contribution < 1.29 is 18.6 Å². The highest BCUT2D eigenvalue weighted by Crippen LogP contribution is 2.14. The Morgan fingerprint density at radius 2 is 2.32 bits per heavy atom. The lowest BCUT2D eigenvalue weighted by atomic mass is 10.4.